The van der Waals surface area contributed by atoms with Gasteiger partial charge in [0.1, 0.15) is 11.5 Å². The smallest absolute Gasteiger partial charge is 0.493 e. The minimum Gasteiger partial charge on any atom is -0.493 e. The average molecular weight is 633 g/mol. The molecule has 3 heterocycles. The number of carbonyl (C=O) groups is 1. The molecule has 238 valence electrons. The predicted octanol–water partition coefficient (Wildman–Crippen LogP) is 7.35. The molecule has 0 radical (unpaired) electrons. The molecule has 11 heteroatoms. The molecule has 0 saturated heterocycles. The quantitative estimate of drug-likeness (QED) is 0.200. The number of hydrogen-bond donors (Lipinski definition) is 1. The van der Waals surface area contributed by atoms with Crippen molar-refractivity contribution in [2.45, 2.75) is 58.7 Å². The van der Waals surface area contributed by atoms with Gasteiger partial charge in [0.15, 0.2) is 6.10 Å². The summed E-state index contributed by atoms with van der Waals surface area (Å²) in [6.45, 7) is 7.52. The van der Waals surface area contributed by atoms with E-state index in [1.54, 1.807) is 52.1 Å². The maximum Gasteiger partial charge on any atom is 0.573 e. The van der Waals surface area contributed by atoms with Crippen LogP contribution in [0.3, 0.4) is 0 Å². The number of ether oxygens (including phenoxy) is 3. The maximum absolute atomic E-state index is 13.4. The average Bonchev–Trinajstić information content (AvgIpc) is 2.97. The first-order valence-corrected chi connectivity index (χ1v) is 14.7. The highest BCUT2D eigenvalue weighted by atomic mass is 19.4. The van der Waals surface area contributed by atoms with Crippen molar-refractivity contribution in [3.8, 4) is 22.6 Å². The van der Waals surface area contributed by atoms with Gasteiger partial charge in [0.2, 0.25) is 0 Å². The largest absolute Gasteiger partial charge is 0.573 e. The van der Waals surface area contributed by atoms with Gasteiger partial charge in [0.25, 0.3) is 5.56 Å². The molecule has 0 unspecified atom stereocenters. The number of carboxylic acids is 1. The summed E-state index contributed by atoms with van der Waals surface area (Å²) in [6, 6.07) is 15.8. The van der Waals surface area contributed by atoms with Crippen LogP contribution in [-0.4, -0.2) is 39.2 Å². The van der Waals surface area contributed by atoms with Gasteiger partial charge in [-0.25, -0.2) is 4.79 Å². The lowest BCUT2D eigenvalue weighted by atomic mass is 9.86. The molecule has 1 aliphatic rings. The third-order valence-corrected chi connectivity index (χ3v) is 7.81. The van der Waals surface area contributed by atoms with Gasteiger partial charge in [-0.3, -0.25) is 9.78 Å². The van der Waals surface area contributed by atoms with Crippen LogP contribution < -0.4 is 15.0 Å². The Morgan fingerprint density at radius 3 is 2.59 bits per heavy atom. The normalized spacial score (nSPS) is 13.9. The van der Waals surface area contributed by atoms with Crippen molar-refractivity contribution in [1.29, 1.82) is 0 Å². The Balaban J connectivity index is 1.65. The zero-order valence-electron chi connectivity index (χ0n) is 25.6. The van der Waals surface area contributed by atoms with Crippen molar-refractivity contribution in [3.63, 3.8) is 0 Å². The van der Waals surface area contributed by atoms with E-state index in [4.69, 9.17) is 14.5 Å². The molecule has 46 heavy (non-hydrogen) atoms. The summed E-state index contributed by atoms with van der Waals surface area (Å²) in [6.07, 6.45) is -3.86. The minimum atomic E-state index is -4.87. The van der Waals surface area contributed by atoms with E-state index >= 15 is 0 Å². The summed E-state index contributed by atoms with van der Waals surface area (Å²) in [7, 11) is 0. The van der Waals surface area contributed by atoms with Crippen LogP contribution >= 0.6 is 0 Å². The zero-order valence-corrected chi connectivity index (χ0v) is 25.6. The first-order chi connectivity index (χ1) is 21.7. The second-order valence-corrected chi connectivity index (χ2v) is 12.2. The SMILES string of the molecule is Cc1cc2c(ccc(=O)n2Cc2cccc(OC(F)(F)F)c2)c(-c2ccc3c4c(ccnc24)CCO3)c1[C@H](OC(C)(C)C)C(=O)O. The van der Waals surface area contributed by atoms with Crippen LogP contribution in [0.1, 0.15) is 49.1 Å². The van der Waals surface area contributed by atoms with E-state index in [0.29, 0.717) is 63.0 Å². The molecular formula is C35H31F3N2O6. The van der Waals surface area contributed by atoms with Crippen molar-refractivity contribution in [2.75, 3.05) is 6.61 Å². The fourth-order valence-corrected chi connectivity index (χ4v) is 6.09. The third kappa shape index (κ3) is 6.02. The monoisotopic (exact) mass is 632 g/mol. The lowest BCUT2D eigenvalue weighted by molar-refractivity contribution is -0.274. The summed E-state index contributed by atoms with van der Waals surface area (Å²) in [5.74, 6) is -0.921. The van der Waals surface area contributed by atoms with Crippen LogP contribution in [0.2, 0.25) is 0 Å². The fourth-order valence-electron chi connectivity index (χ4n) is 6.09. The number of rotatable bonds is 7. The number of halogens is 3. The first kappa shape index (κ1) is 31.1. The van der Waals surface area contributed by atoms with E-state index in [9.17, 15) is 27.9 Å². The maximum atomic E-state index is 13.4. The van der Waals surface area contributed by atoms with Gasteiger partial charge in [0, 0.05) is 40.6 Å². The Morgan fingerprint density at radius 2 is 1.87 bits per heavy atom. The number of benzene rings is 3. The summed E-state index contributed by atoms with van der Waals surface area (Å²) in [4.78, 5) is 31.0. The molecule has 5 aromatic rings. The molecule has 0 spiro atoms. The number of hydrogen-bond acceptors (Lipinski definition) is 6. The topological polar surface area (TPSA) is 99.9 Å². The minimum absolute atomic E-state index is 0.0692. The Bertz CT molecular complexity index is 2050. The van der Waals surface area contributed by atoms with Crippen molar-refractivity contribution in [2.24, 2.45) is 0 Å². The zero-order chi connectivity index (χ0) is 33.0. The highest BCUT2D eigenvalue weighted by Crippen LogP contribution is 2.45. The molecule has 0 bridgehead atoms. The molecule has 0 saturated carbocycles. The van der Waals surface area contributed by atoms with Crippen molar-refractivity contribution in [3.05, 3.63) is 99.5 Å². The molecule has 2 aromatic heterocycles. The Kier molecular flexibility index (Phi) is 7.76. The van der Waals surface area contributed by atoms with Crippen LogP contribution in [0.15, 0.2) is 71.7 Å². The van der Waals surface area contributed by atoms with E-state index < -0.39 is 35.3 Å². The summed E-state index contributed by atoms with van der Waals surface area (Å²) < 4.78 is 56.4. The van der Waals surface area contributed by atoms with Gasteiger partial charge in [-0.15, -0.1) is 13.2 Å². The number of nitrogens with zero attached hydrogens (tertiary/aromatic N) is 2. The lowest BCUT2D eigenvalue weighted by Crippen LogP contribution is -2.28. The highest BCUT2D eigenvalue weighted by molar-refractivity contribution is 6.08. The van der Waals surface area contributed by atoms with Crippen molar-refractivity contribution >= 4 is 27.8 Å². The van der Waals surface area contributed by atoms with E-state index in [1.807, 2.05) is 18.2 Å². The Hall–Kier alpha value is -4.90. The first-order valence-electron chi connectivity index (χ1n) is 14.7. The lowest BCUT2D eigenvalue weighted by Gasteiger charge is -2.29. The van der Waals surface area contributed by atoms with Crippen LogP contribution in [0.4, 0.5) is 13.2 Å². The number of aryl methyl sites for hydroxylation is 1. The molecular weight excluding hydrogens is 601 g/mol. The number of alkyl halides is 3. The van der Waals surface area contributed by atoms with Crippen LogP contribution in [0.25, 0.3) is 32.9 Å². The van der Waals surface area contributed by atoms with Crippen molar-refractivity contribution in [1.82, 2.24) is 9.55 Å². The van der Waals surface area contributed by atoms with Gasteiger partial charge in [-0.2, -0.15) is 0 Å². The molecule has 0 fully saturated rings. The van der Waals surface area contributed by atoms with Crippen molar-refractivity contribution < 1.29 is 37.3 Å². The van der Waals surface area contributed by atoms with Gasteiger partial charge in [-0.1, -0.05) is 12.1 Å². The van der Waals surface area contributed by atoms with Gasteiger partial charge < -0.3 is 23.9 Å². The molecule has 1 aliphatic heterocycles. The van der Waals surface area contributed by atoms with E-state index in [2.05, 4.69) is 4.74 Å². The third-order valence-electron chi connectivity index (χ3n) is 7.81. The number of aromatic nitrogens is 2. The summed E-state index contributed by atoms with van der Waals surface area (Å²) in [5.41, 5.74) is 3.40. The fraction of sp³-hybridized carbons (Fsp3) is 0.286. The molecule has 0 amide bonds. The molecule has 1 atom stereocenters. The second kappa shape index (κ2) is 11.5. The summed E-state index contributed by atoms with van der Waals surface area (Å²) in [5, 5.41) is 11.9. The van der Waals surface area contributed by atoms with E-state index in [-0.39, 0.29) is 6.54 Å². The Labute approximate surface area is 262 Å². The predicted molar refractivity (Wildman–Crippen MR) is 166 cm³/mol. The molecule has 0 aliphatic carbocycles. The summed E-state index contributed by atoms with van der Waals surface area (Å²) >= 11 is 0. The van der Waals surface area contributed by atoms with E-state index in [0.717, 1.165) is 10.9 Å². The van der Waals surface area contributed by atoms with Gasteiger partial charge >= 0.3 is 12.3 Å². The standard InChI is InChI=1S/C35H31F3N2O6/c1-19-16-25-23(9-11-27(41)40(25)18-20-6-5-7-22(17-20)45-35(36,37)38)30(28(19)32(33(42)43)46-34(2,3)4)24-8-10-26-29-21(13-15-44-26)12-14-39-31(24)29/h5-12,14,16-17,32H,13,15,18H2,1-4H3,(H,42,43)/t32-/m0/s1. The van der Waals surface area contributed by atoms with Crippen LogP contribution in [-0.2, 0) is 22.5 Å². The number of pyridine rings is 2. The van der Waals surface area contributed by atoms with Gasteiger partial charge in [-0.05, 0) is 92.4 Å². The molecule has 6 rings (SSSR count). The number of aliphatic carboxylic acids is 1. The van der Waals surface area contributed by atoms with Crippen LogP contribution in [0, 0.1) is 6.92 Å². The molecule has 1 N–H and O–H groups in total. The van der Waals surface area contributed by atoms with Crippen LogP contribution in [0.5, 0.6) is 11.5 Å². The Morgan fingerprint density at radius 1 is 1.09 bits per heavy atom. The highest BCUT2D eigenvalue weighted by Gasteiger charge is 2.33. The number of carboxylic acid groups (broad SMARTS) is 1. The van der Waals surface area contributed by atoms with Gasteiger partial charge in [0.05, 0.1) is 29.8 Å². The van der Waals surface area contributed by atoms with E-state index in [1.165, 1.54) is 28.8 Å². The molecule has 8 nitrogen and oxygen atoms in total. The molecule has 3 aromatic carbocycles. The second-order valence-electron chi connectivity index (χ2n) is 12.2. The number of fused-ring (bicyclic) bond motifs is 1.